The molecule has 1 N–H and O–H groups in total. The summed E-state index contributed by atoms with van der Waals surface area (Å²) in [5.41, 5.74) is 0.954. The fourth-order valence-electron chi connectivity index (χ4n) is 1.81. The van der Waals surface area contributed by atoms with Crippen molar-refractivity contribution in [2.45, 2.75) is 19.9 Å². The Labute approximate surface area is 101 Å². The lowest BCUT2D eigenvalue weighted by molar-refractivity contribution is 0.230. The largest absolute Gasteiger partial charge is 0.314 e. The number of aryl methyl sites for hydroxylation is 1. The van der Waals surface area contributed by atoms with Crippen LogP contribution in [0, 0.1) is 0 Å². The van der Waals surface area contributed by atoms with E-state index < -0.39 is 0 Å². The third-order valence-electron chi connectivity index (χ3n) is 2.77. The second-order valence-electron chi connectivity index (χ2n) is 3.96. The van der Waals surface area contributed by atoms with Gasteiger partial charge in [0.25, 0.3) is 0 Å². The molecule has 1 fully saturated rings. The van der Waals surface area contributed by atoms with Crippen LogP contribution in [0.4, 0.5) is 0 Å². The van der Waals surface area contributed by atoms with Crippen LogP contribution in [0.3, 0.4) is 0 Å². The highest BCUT2D eigenvalue weighted by Crippen LogP contribution is 2.15. The van der Waals surface area contributed by atoms with Gasteiger partial charge in [0.15, 0.2) is 0 Å². The first-order valence-corrected chi connectivity index (χ1v) is 6.10. The standard InChI is InChI=1S/C11H17ClN4/c1-2-11-14-7-9(12)10(15-11)8-16-5-3-13-4-6-16/h7,13H,2-6,8H2,1H3. The van der Waals surface area contributed by atoms with Gasteiger partial charge in [0.1, 0.15) is 5.82 Å². The zero-order valence-electron chi connectivity index (χ0n) is 9.54. The maximum Gasteiger partial charge on any atom is 0.128 e. The Kier molecular flexibility index (Phi) is 4.09. The summed E-state index contributed by atoms with van der Waals surface area (Å²) < 4.78 is 0. The summed E-state index contributed by atoms with van der Waals surface area (Å²) in [6.07, 6.45) is 2.57. The summed E-state index contributed by atoms with van der Waals surface area (Å²) in [5.74, 6) is 0.870. The third-order valence-corrected chi connectivity index (χ3v) is 3.08. The first kappa shape index (κ1) is 11.8. The van der Waals surface area contributed by atoms with Gasteiger partial charge in [0, 0.05) is 45.3 Å². The van der Waals surface area contributed by atoms with Crippen LogP contribution in [-0.4, -0.2) is 41.0 Å². The van der Waals surface area contributed by atoms with E-state index in [4.69, 9.17) is 11.6 Å². The molecule has 1 aliphatic heterocycles. The Morgan fingerprint density at radius 2 is 2.19 bits per heavy atom. The van der Waals surface area contributed by atoms with E-state index in [9.17, 15) is 0 Å². The van der Waals surface area contributed by atoms with Gasteiger partial charge in [-0.05, 0) is 0 Å². The lowest BCUT2D eigenvalue weighted by atomic mass is 10.3. The Balaban J connectivity index is 2.06. The van der Waals surface area contributed by atoms with Crippen molar-refractivity contribution in [3.05, 3.63) is 22.7 Å². The number of rotatable bonds is 3. The lowest BCUT2D eigenvalue weighted by Crippen LogP contribution is -2.43. The van der Waals surface area contributed by atoms with Crippen molar-refractivity contribution < 1.29 is 0 Å². The van der Waals surface area contributed by atoms with Crippen LogP contribution in [0.25, 0.3) is 0 Å². The molecular weight excluding hydrogens is 224 g/mol. The summed E-state index contributed by atoms with van der Waals surface area (Å²) in [7, 11) is 0. The fourth-order valence-corrected chi connectivity index (χ4v) is 1.96. The molecule has 1 saturated heterocycles. The molecule has 4 nitrogen and oxygen atoms in total. The van der Waals surface area contributed by atoms with Crippen molar-refractivity contribution >= 4 is 11.6 Å². The summed E-state index contributed by atoms with van der Waals surface area (Å²) >= 11 is 6.11. The predicted octanol–water partition coefficient (Wildman–Crippen LogP) is 1.10. The van der Waals surface area contributed by atoms with Crippen LogP contribution in [0.1, 0.15) is 18.4 Å². The van der Waals surface area contributed by atoms with E-state index in [-0.39, 0.29) is 0 Å². The smallest absolute Gasteiger partial charge is 0.128 e. The van der Waals surface area contributed by atoms with Gasteiger partial charge in [-0.2, -0.15) is 0 Å². The maximum atomic E-state index is 6.11. The lowest BCUT2D eigenvalue weighted by Gasteiger charge is -2.27. The number of aromatic nitrogens is 2. The highest BCUT2D eigenvalue weighted by Gasteiger charge is 2.13. The van der Waals surface area contributed by atoms with Crippen LogP contribution in [0.5, 0.6) is 0 Å². The zero-order chi connectivity index (χ0) is 11.4. The van der Waals surface area contributed by atoms with Gasteiger partial charge < -0.3 is 5.32 Å². The first-order chi connectivity index (χ1) is 7.79. The van der Waals surface area contributed by atoms with Crippen molar-refractivity contribution in [2.24, 2.45) is 0 Å². The van der Waals surface area contributed by atoms with Gasteiger partial charge in [0.05, 0.1) is 10.7 Å². The average molecular weight is 241 g/mol. The SMILES string of the molecule is CCc1ncc(Cl)c(CN2CCNCC2)n1. The Bertz CT molecular complexity index is 350. The molecule has 0 radical (unpaired) electrons. The van der Waals surface area contributed by atoms with E-state index >= 15 is 0 Å². The zero-order valence-corrected chi connectivity index (χ0v) is 10.3. The van der Waals surface area contributed by atoms with E-state index in [1.165, 1.54) is 0 Å². The maximum absolute atomic E-state index is 6.11. The molecule has 0 spiro atoms. The predicted molar refractivity (Wildman–Crippen MR) is 64.6 cm³/mol. The van der Waals surface area contributed by atoms with Gasteiger partial charge in [0.2, 0.25) is 0 Å². The molecular formula is C11H17ClN4. The van der Waals surface area contributed by atoms with E-state index in [0.717, 1.165) is 50.7 Å². The fraction of sp³-hybridized carbons (Fsp3) is 0.636. The van der Waals surface area contributed by atoms with Crippen molar-refractivity contribution in [1.29, 1.82) is 0 Å². The molecule has 1 aliphatic rings. The molecule has 0 bridgehead atoms. The highest BCUT2D eigenvalue weighted by molar-refractivity contribution is 6.31. The number of hydrogen-bond acceptors (Lipinski definition) is 4. The molecule has 0 aliphatic carbocycles. The molecule has 2 heterocycles. The molecule has 1 aromatic heterocycles. The monoisotopic (exact) mass is 240 g/mol. The highest BCUT2D eigenvalue weighted by atomic mass is 35.5. The average Bonchev–Trinajstić information content (AvgIpc) is 2.33. The van der Waals surface area contributed by atoms with Crippen LogP contribution < -0.4 is 5.32 Å². The Morgan fingerprint density at radius 1 is 1.44 bits per heavy atom. The molecule has 0 saturated carbocycles. The van der Waals surface area contributed by atoms with Gasteiger partial charge in [-0.25, -0.2) is 9.97 Å². The molecule has 0 aromatic carbocycles. The number of nitrogens with one attached hydrogen (secondary N) is 1. The second-order valence-corrected chi connectivity index (χ2v) is 4.37. The summed E-state index contributed by atoms with van der Waals surface area (Å²) in [6, 6.07) is 0. The van der Waals surface area contributed by atoms with E-state index in [1.54, 1.807) is 6.20 Å². The summed E-state index contributed by atoms with van der Waals surface area (Å²) in [6.45, 7) is 7.09. The minimum Gasteiger partial charge on any atom is -0.314 e. The van der Waals surface area contributed by atoms with Crippen molar-refractivity contribution in [2.75, 3.05) is 26.2 Å². The molecule has 88 valence electrons. The van der Waals surface area contributed by atoms with Crippen LogP contribution in [0.2, 0.25) is 5.02 Å². The van der Waals surface area contributed by atoms with Crippen molar-refractivity contribution in [3.8, 4) is 0 Å². The van der Waals surface area contributed by atoms with Gasteiger partial charge in [-0.3, -0.25) is 4.90 Å². The quantitative estimate of drug-likeness (QED) is 0.859. The number of hydrogen-bond donors (Lipinski definition) is 1. The Morgan fingerprint density at radius 3 is 2.88 bits per heavy atom. The number of piperazine rings is 1. The second kappa shape index (κ2) is 5.57. The van der Waals surface area contributed by atoms with Crippen molar-refractivity contribution in [3.63, 3.8) is 0 Å². The topological polar surface area (TPSA) is 41.1 Å². The van der Waals surface area contributed by atoms with Gasteiger partial charge >= 0.3 is 0 Å². The minimum atomic E-state index is 0.677. The Hall–Kier alpha value is -0.710. The summed E-state index contributed by atoms with van der Waals surface area (Å²) in [5, 5.41) is 4.01. The molecule has 5 heteroatoms. The van der Waals surface area contributed by atoms with E-state index in [2.05, 4.69) is 27.1 Å². The third kappa shape index (κ3) is 2.90. The molecule has 0 amide bonds. The van der Waals surface area contributed by atoms with Crippen molar-refractivity contribution in [1.82, 2.24) is 20.2 Å². The number of halogens is 1. The minimum absolute atomic E-state index is 0.677. The van der Waals surface area contributed by atoms with Gasteiger partial charge in [-0.15, -0.1) is 0 Å². The molecule has 1 aromatic rings. The normalized spacial score (nSPS) is 17.6. The van der Waals surface area contributed by atoms with E-state index in [1.807, 2.05) is 0 Å². The molecule has 0 atom stereocenters. The van der Waals surface area contributed by atoms with Gasteiger partial charge in [-0.1, -0.05) is 18.5 Å². The first-order valence-electron chi connectivity index (χ1n) is 5.73. The van der Waals surface area contributed by atoms with Crippen LogP contribution >= 0.6 is 11.6 Å². The molecule has 16 heavy (non-hydrogen) atoms. The molecule has 2 rings (SSSR count). The van der Waals surface area contributed by atoms with E-state index in [0.29, 0.717) is 5.02 Å². The number of nitrogens with zero attached hydrogens (tertiary/aromatic N) is 3. The summed E-state index contributed by atoms with van der Waals surface area (Å²) in [4.78, 5) is 11.0. The van der Waals surface area contributed by atoms with Crippen LogP contribution in [-0.2, 0) is 13.0 Å². The van der Waals surface area contributed by atoms with Crippen LogP contribution in [0.15, 0.2) is 6.20 Å². The molecule has 0 unspecified atom stereocenters.